The highest BCUT2D eigenvalue weighted by Crippen LogP contribution is 2.31. The highest BCUT2D eigenvalue weighted by molar-refractivity contribution is 4.98. The molecule has 4 nitrogen and oxygen atoms in total. The maximum atomic E-state index is 13.1. The molecule has 0 aromatic heterocycles. The van der Waals surface area contributed by atoms with E-state index in [0.29, 0.717) is 37.4 Å². The van der Waals surface area contributed by atoms with E-state index in [9.17, 15) is 4.39 Å². The van der Waals surface area contributed by atoms with Crippen LogP contribution in [0, 0.1) is 17.8 Å². The van der Waals surface area contributed by atoms with Crippen molar-refractivity contribution in [2.24, 2.45) is 17.8 Å². The first-order valence-corrected chi connectivity index (χ1v) is 9.18. The topological polar surface area (TPSA) is 36.9 Å². The minimum atomic E-state index is -0.172. The predicted molar refractivity (Wildman–Crippen MR) is 88.9 cm³/mol. The second-order valence-electron chi connectivity index (χ2n) is 7.05. The summed E-state index contributed by atoms with van der Waals surface area (Å²) in [6.07, 6.45) is 9.48. The first-order chi connectivity index (χ1) is 11.7. The molecule has 136 valence electrons. The lowest BCUT2D eigenvalue weighted by atomic mass is 9.92. The van der Waals surface area contributed by atoms with E-state index in [2.05, 4.69) is 6.08 Å². The van der Waals surface area contributed by atoms with E-state index in [-0.39, 0.29) is 18.4 Å². The molecule has 2 saturated heterocycles. The van der Waals surface area contributed by atoms with Gasteiger partial charge in [0, 0.05) is 17.8 Å². The van der Waals surface area contributed by atoms with Crippen molar-refractivity contribution in [2.75, 3.05) is 26.4 Å². The largest absolute Gasteiger partial charge is 0.352 e. The lowest BCUT2D eigenvalue weighted by molar-refractivity contribution is -0.232. The molecule has 1 aliphatic carbocycles. The molecular formula is C19H29FO4. The van der Waals surface area contributed by atoms with Crippen LogP contribution in [0.2, 0.25) is 0 Å². The fourth-order valence-electron chi connectivity index (χ4n) is 3.55. The molecule has 2 fully saturated rings. The monoisotopic (exact) mass is 340 g/mol. The van der Waals surface area contributed by atoms with Crippen molar-refractivity contribution in [3.8, 4) is 0 Å². The maximum absolute atomic E-state index is 13.1. The van der Waals surface area contributed by atoms with E-state index in [1.807, 2.05) is 13.0 Å². The molecule has 3 rings (SSSR count). The number of halogens is 1. The van der Waals surface area contributed by atoms with E-state index < -0.39 is 0 Å². The lowest BCUT2D eigenvalue weighted by Gasteiger charge is -2.35. The average molecular weight is 340 g/mol. The summed E-state index contributed by atoms with van der Waals surface area (Å²) in [5, 5.41) is 0. The van der Waals surface area contributed by atoms with Gasteiger partial charge in [0.25, 0.3) is 0 Å². The van der Waals surface area contributed by atoms with E-state index in [1.165, 1.54) is 0 Å². The van der Waals surface area contributed by atoms with Crippen LogP contribution in [0.5, 0.6) is 0 Å². The number of allylic oxidation sites excluding steroid dienone is 3. The Morgan fingerprint density at radius 3 is 2.46 bits per heavy atom. The van der Waals surface area contributed by atoms with E-state index >= 15 is 0 Å². The molecule has 2 heterocycles. The van der Waals surface area contributed by atoms with Crippen LogP contribution in [0.4, 0.5) is 4.39 Å². The van der Waals surface area contributed by atoms with Crippen LogP contribution < -0.4 is 0 Å². The lowest BCUT2D eigenvalue weighted by Crippen LogP contribution is -2.38. The van der Waals surface area contributed by atoms with Crippen molar-refractivity contribution >= 4 is 0 Å². The van der Waals surface area contributed by atoms with Crippen molar-refractivity contribution in [3.05, 3.63) is 24.1 Å². The molecule has 24 heavy (non-hydrogen) atoms. The van der Waals surface area contributed by atoms with Crippen molar-refractivity contribution in [1.29, 1.82) is 0 Å². The van der Waals surface area contributed by atoms with Gasteiger partial charge in [-0.25, -0.2) is 4.39 Å². The molecule has 0 aromatic carbocycles. The molecule has 0 saturated carbocycles. The summed E-state index contributed by atoms with van der Waals surface area (Å²) in [7, 11) is 0. The Balaban J connectivity index is 1.32. The first-order valence-electron chi connectivity index (χ1n) is 9.18. The number of ether oxygens (including phenoxy) is 4. The normalized spacial score (nSPS) is 38.2. The zero-order valence-corrected chi connectivity index (χ0v) is 14.5. The highest BCUT2D eigenvalue weighted by atomic mass is 19.1. The zero-order chi connectivity index (χ0) is 16.8. The van der Waals surface area contributed by atoms with Crippen LogP contribution in [0.3, 0.4) is 0 Å². The molecule has 0 radical (unpaired) electrons. The molecule has 1 unspecified atom stereocenters. The molecule has 2 aliphatic heterocycles. The quantitative estimate of drug-likeness (QED) is 0.710. The number of hydrogen-bond acceptors (Lipinski definition) is 4. The van der Waals surface area contributed by atoms with Gasteiger partial charge in [-0.3, -0.25) is 0 Å². The third-order valence-electron chi connectivity index (χ3n) is 5.04. The van der Waals surface area contributed by atoms with Gasteiger partial charge in [-0.05, 0) is 39.0 Å². The average Bonchev–Trinajstić information content (AvgIpc) is 2.63. The summed E-state index contributed by atoms with van der Waals surface area (Å²) in [4.78, 5) is 0. The van der Waals surface area contributed by atoms with Gasteiger partial charge in [0.2, 0.25) is 0 Å². The van der Waals surface area contributed by atoms with Crippen molar-refractivity contribution < 1.29 is 23.3 Å². The zero-order valence-electron chi connectivity index (χ0n) is 14.5. The van der Waals surface area contributed by atoms with Crippen molar-refractivity contribution in [2.45, 2.75) is 51.6 Å². The van der Waals surface area contributed by atoms with Crippen molar-refractivity contribution in [1.82, 2.24) is 0 Å². The summed E-state index contributed by atoms with van der Waals surface area (Å²) >= 11 is 0. The maximum Gasteiger partial charge on any atom is 0.160 e. The molecule has 3 aliphatic rings. The third kappa shape index (κ3) is 5.12. The summed E-state index contributed by atoms with van der Waals surface area (Å²) < 4.78 is 36.4. The smallest absolute Gasteiger partial charge is 0.160 e. The summed E-state index contributed by atoms with van der Waals surface area (Å²) in [6.45, 7) is 4.91. The molecule has 1 atom stereocenters. The summed E-state index contributed by atoms with van der Waals surface area (Å²) in [5.74, 6) is 1.06. The van der Waals surface area contributed by atoms with Gasteiger partial charge in [-0.2, -0.15) is 0 Å². The SMILES string of the molecule is C/C=C/C1COC(CCC2COC(C3CC=C(F)CC3)OC2)OC1. The Labute approximate surface area is 144 Å². The van der Waals surface area contributed by atoms with Crippen LogP contribution >= 0.6 is 0 Å². The van der Waals surface area contributed by atoms with Crippen LogP contribution in [0.25, 0.3) is 0 Å². The first kappa shape index (κ1) is 18.1. The Kier molecular flexibility index (Phi) is 6.84. The van der Waals surface area contributed by atoms with Crippen LogP contribution in [-0.2, 0) is 18.9 Å². The Bertz CT molecular complexity index is 435. The van der Waals surface area contributed by atoms with Crippen LogP contribution in [-0.4, -0.2) is 39.0 Å². The number of rotatable bonds is 5. The van der Waals surface area contributed by atoms with E-state index in [4.69, 9.17) is 18.9 Å². The molecular weight excluding hydrogens is 311 g/mol. The van der Waals surface area contributed by atoms with Gasteiger partial charge < -0.3 is 18.9 Å². The fourth-order valence-corrected chi connectivity index (χ4v) is 3.55. The predicted octanol–water partition coefficient (Wildman–Crippen LogP) is 3.97. The van der Waals surface area contributed by atoms with Crippen LogP contribution in [0.1, 0.15) is 39.0 Å². The van der Waals surface area contributed by atoms with Gasteiger partial charge in [0.1, 0.15) is 0 Å². The Morgan fingerprint density at radius 2 is 1.83 bits per heavy atom. The summed E-state index contributed by atoms with van der Waals surface area (Å²) in [6, 6.07) is 0. The van der Waals surface area contributed by atoms with Gasteiger partial charge in [-0.15, -0.1) is 0 Å². The standard InChI is InChI=1S/C19H29FO4/c1-2-3-14-10-21-18(22-11-14)9-4-15-12-23-19(24-13-15)16-5-7-17(20)8-6-16/h2-3,7,14-16,18-19H,4-6,8-13H2,1H3/b3-2+. The van der Waals surface area contributed by atoms with Gasteiger partial charge in [-0.1, -0.05) is 18.2 Å². The highest BCUT2D eigenvalue weighted by Gasteiger charge is 2.31. The minimum Gasteiger partial charge on any atom is -0.352 e. The van der Waals surface area contributed by atoms with Gasteiger partial charge >= 0.3 is 0 Å². The van der Waals surface area contributed by atoms with Gasteiger partial charge in [0.05, 0.1) is 32.3 Å². The Hall–Kier alpha value is -0.750. The Morgan fingerprint density at radius 1 is 1.08 bits per heavy atom. The molecule has 0 aromatic rings. The number of hydrogen-bond donors (Lipinski definition) is 0. The van der Waals surface area contributed by atoms with Crippen molar-refractivity contribution in [3.63, 3.8) is 0 Å². The molecule has 0 amide bonds. The van der Waals surface area contributed by atoms with Crippen LogP contribution in [0.15, 0.2) is 24.1 Å². The molecule has 0 bridgehead atoms. The molecule has 0 N–H and O–H groups in total. The second kappa shape index (κ2) is 9.09. The van der Waals surface area contributed by atoms with E-state index in [1.54, 1.807) is 6.08 Å². The van der Waals surface area contributed by atoms with Gasteiger partial charge in [0.15, 0.2) is 12.6 Å². The minimum absolute atomic E-state index is 0.00378. The third-order valence-corrected chi connectivity index (χ3v) is 5.04. The van der Waals surface area contributed by atoms with E-state index in [0.717, 1.165) is 38.9 Å². The summed E-state index contributed by atoms with van der Waals surface area (Å²) in [5.41, 5.74) is 0. The second-order valence-corrected chi connectivity index (χ2v) is 7.05. The molecule has 0 spiro atoms. The molecule has 5 heteroatoms. The fraction of sp³-hybridized carbons (Fsp3) is 0.789.